The molecule has 0 radical (unpaired) electrons. The van der Waals surface area contributed by atoms with E-state index in [1.54, 1.807) is 0 Å². The second kappa shape index (κ2) is 6.38. The lowest BCUT2D eigenvalue weighted by Gasteiger charge is -2.06. The third-order valence-electron chi connectivity index (χ3n) is 2.17. The van der Waals surface area contributed by atoms with Crippen LogP contribution in [0.25, 0.3) is 0 Å². The first-order valence-corrected chi connectivity index (χ1v) is 5.50. The van der Waals surface area contributed by atoms with Crippen molar-refractivity contribution in [1.82, 2.24) is 0 Å². The third kappa shape index (κ3) is 4.53. The van der Waals surface area contributed by atoms with Gasteiger partial charge in [0.25, 0.3) is 0 Å². The topological polar surface area (TPSA) is 26.3 Å². The predicted octanol–water partition coefficient (Wildman–Crippen LogP) is 3.21. The van der Waals surface area contributed by atoms with Gasteiger partial charge in [-0.15, -0.1) is 0 Å². The number of carbonyl (C=O) groups excluding carboxylic acids is 1. The second-order valence-electron chi connectivity index (χ2n) is 3.95. The maximum Gasteiger partial charge on any atom is 0.162 e. The van der Waals surface area contributed by atoms with Crippen molar-refractivity contribution in [3.05, 3.63) is 35.6 Å². The Morgan fingerprint density at radius 2 is 1.94 bits per heavy atom. The first-order valence-electron chi connectivity index (χ1n) is 5.50. The van der Waals surface area contributed by atoms with Gasteiger partial charge >= 0.3 is 0 Å². The van der Waals surface area contributed by atoms with Crippen LogP contribution in [0.15, 0.2) is 24.3 Å². The first-order chi connectivity index (χ1) is 7.59. The van der Waals surface area contributed by atoms with E-state index < -0.39 is 0 Å². The summed E-state index contributed by atoms with van der Waals surface area (Å²) in [5.41, 5.74) is 0.561. The van der Waals surface area contributed by atoms with Crippen LogP contribution in [0.1, 0.15) is 37.0 Å². The quantitative estimate of drug-likeness (QED) is 0.548. The molecular formula is C13H17FO2. The molecule has 1 rings (SSSR count). The van der Waals surface area contributed by atoms with E-state index in [2.05, 4.69) is 0 Å². The Morgan fingerprint density at radius 3 is 2.50 bits per heavy atom. The van der Waals surface area contributed by atoms with Crippen molar-refractivity contribution >= 4 is 5.78 Å². The molecule has 1 aromatic carbocycles. The van der Waals surface area contributed by atoms with Crippen LogP contribution < -0.4 is 0 Å². The van der Waals surface area contributed by atoms with E-state index in [0.717, 1.165) is 0 Å². The zero-order valence-corrected chi connectivity index (χ0v) is 9.70. The second-order valence-corrected chi connectivity index (χ2v) is 3.95. The van der Waals surface area contributed by atoms with Crippen LogP contribution in [0, 0.1) is 5.82 Å². The molecule has 0 aromatic heterocycles. The number of carbonyl (C=O) groups is 1. The molecule has 16 heavy (non-hydrogen) atoms. The fourth-order valence-electron chi connectivity index (χ4n) is 1.33. The first kappa shape index (κ1) is 12.8. The summed E-state index contributed by atoms with van der Waals surface area (Å²) < 4.78 is 17.9. The van der Waals surface area contributed by atoms with Gasteiger partial charge in [-0.1, -0.05) is 0 Å². The van der Waals surface area contributed by atoms with Gasteiger partial charge in [-0.2, -0.15) is 0 Å². The lowest BCUT2D eigenvalue weighted by atomic mass is 10.1. The van der Waals surface area contributed by atoms with Gasteiger partial charge in [-0.05, 0) is 44.5 Å². The Morgan fingerprint density at radius 1 is 1.31 bits per heavy atom. The van der Waals surface area contributed by atoms with Crippen LogP contribution >= 0.6 is 0 Å². The van der Waals surface area contributed by atoms with E-state index in [4.69, 9.17) is 4.74 Å². The summed E-state index contributed by atoms with van der Waals surface area (Å²) in [6.45, 7) is 4.51. The molecule has 1 aromatic rings. The predicted molar refractivity (Wildman–Crippen MR) is 61.1 cm³/mol. The molecule has 0 atom stereocenters. The highest BCUT2D eigenvalue weighted by molar-refractivity contribution is 5.95. The van der Waals surface area contributed by atoms with E-state index in [0.29, 0.717) is 25.0 Å². The summed E-state index contributed by atoms with van der Waals surface area (Å²) in [6.07, 6.45) is 1.34. The van der Waals surface area contributed by atoms with E-state index in [9.17, 15) is 9.18 Å². The average molecular weight is 224 g/mol. The Labute approximate surface area is 95.4 Å². The normalized spacial score (nSPS) is 10.8. The molecule has 88 valence electrons. The molecule has 0 spiro atoms. The fourth-order valence-corrected chi connectivity index (χ4v) is 1.33. The zero-order chi connectivity index (χ0) is 12.0. The maximum atomic E-state index is 12.6. The molecular weight excluding hydrogens is 207 g/mol. The molecule has 0 fully saturated rings. The number of hydrogen-bond acceptors (Lipinski definition) is 2. The summed E-state index contributed by atoms with van der Waals surface area (Å²) in [5, 5.41) is 0. The molecule has 0 saturated heterocycles. The molecule has 0 aliphatic carbocycles. The molecule has 0 unspecified atom stereocenters. The van der Waals surface area contributed by atoms with Gasteiger partial charge in [-0.25, -0.2) is 4.39 Å². The highest BCUT2D eigenvalue weighted by Crippen LogP contribution is 2.07. The Hall–Kier alpha value is -1.22. The van der Waals surface area contributed by atoms with Crippen molar-refractivity contribution in [2.24, 2.45) is 0 Å². The van der Waals surface area contributed by atoms with E-state index in [1.807, 2.05) is 13.8 Å². The zero-order valence-electron chi connectivity index (χ0n) is 9.70. The number of benzene rings is 1. The van der Waals surface area contributed by atoms with Crippen LogP contribution in [-0.4, -0.2) is 18.5 Å². The van der Waals surface area contributed by atoms with Gasteiger partial charge in [0.2, 0.25) is 0 Å². The van der Waals surface area contributed by atoms with Gasteiger partial charge in [0, 0.05) is 18.6 Å². The minimum absolute atomic E-state index is 0.0346. The summed E-state index contributed by atoms with van der Waals surface area (Å²) in [7, 11) is 0. The van der Waals surface area contributed by atoms with Crippen LogP contribution in [0.5, 0.6) is 0 Å². The number of hydrogen-bond donors (Lipinski definition) is 0. The van der Waals surface area contributed by atoms with Crippen molar-refractivity contribution in [2.75, 3.05) is 6.61 Å². The number of ketones is 1. The molecule has 0 amide bonds. The molecule has 2 nitrogen and oxygen atoms in total. The lowest BCUT2D eigenvalue weighted by Crippen LogP contribution is -2.06. The maximum absolute atomic E-state index is 12.6. The molecule has 0 aliphatic heterocycles. The van der Waals surface area contributed by atoms with Gasteiger partial charge in [-0.3, -0.25) is 4.79 Å². The average Bonchev–Trinajstić information content (AvgIpc) is 2.25. The van der Waals surface area contributed by atoms with Crippen molar-refractivity contribution < 1.29 is 13.9 Å². The van der Waals surface area contributed by atoms with Gasteiger partial charge < -0.3 is 4.74 Å². The monoisotopic (exact) mass is 224 g/mol. The van der Waals surface area contributed by atoms with Crippen molar-refractivity contribution in [2.45, 2.75) is 32.8 Å². The summed E-state index contributed by atoms with van der Waals surface area (Å²) in [5.74, 6) is -0.285. The summed E-state index contributed by atoms with van der Waals surface area (Å²) in [4.78, 5) is 11.6. The van der Waals surface area contributed by atoms with Crippen LogP contribution in [0.2, 0.25) is 0 Å². The highest BCUT2D eigenvalue weighted by Gasteiger charge is 2.05. The number of Topliss-reactive ketones (excluding diaryl/α,β-unsaturated/α-hetero) is 1. The van der Waals surface area contributed by atoms with Crippen LogP contribution in [0.3, 0.4) is 0 Å². The van der Waals surface area contributed by atoms with Crippen LogP contribution in [0.4, 0.5) is 4.39 Å². The number of rotatable bonds is 6. The Balaban J connectivity index is 2.32. The van der Waals surface area contributed by atoms with E-state index >= 15 is 0 Å². The van der Waals surface area contributed by atoms with E-state index in [-0.39, 0.29) is 17.7 Å². The molecule has 0 N–H and O–H groups in total. The summed E-state index contributed by atoms with van der Waals surface area (Å²) in [6, 6.07) is 5.64. The minimum atomic E-state index is -0.320. The van der Waals surface area contributed by atoms with Crippen molar-refractivity contribution in [3.8, 4) is 0 Å². The molecule has 0 saturated carbocycles. The minimum Gasteiger partial charge on any atom is -0.379 e. The molecule has 0 bridgehead atoms. The highest BCUT2D eigenvalue weighted by atomic mass is 19.1. The Bertz CT molecular complexity index is 330. The van der Waals surface area contributed by atoms with E-state index in [1.165, 1.54) is 24.3 Å². The van der Waals surface area contributed by atoms with Crippen molar-refractivity contribution in [1.29, 1.82) is 0 Å². The van der Waals surface area contributed by atoms with Gasteiger partial charge in [0.05, 0.1) is 6.10 Å². The fraction of sp³-hybridized carbons (Fsp3) is 0.462. The largest absolute Gasteiger partial charge is 0.379 e. The Kier molecular flexibility index (Phi) is 5.12. The van der Waals surface area contributed by atoms with Gasteiger partial charge in [0.15, 0.2) is 5.78 Å². The standard InChI is InChI=1S/C13H17FO2/c1-10(2)16-9-3-4-13(15)11-5-7-12(14)8-6-11/h5-8,10H,3-4,9H2,1-2H3. The number of halogens is 1. The van der Waals surface area contributed by atoms with Crippen molar-refractivity contribution in [3.63, 3.8) is 0 Å². The molecule has 0 heterocycles. The number of ether oxygens (including phenoxy) is 1. The molecule has 3 heteroatoms. The summed E-state index contributed by atoms with van der Waals surface area (Å²) >= 11 is 0. The SMILES string of the molecule is CC(C)OCCCC(=O)c1ccc(F)cc1. The molecule has 0 aliphatic rings. The lowest BCUT2D eigenvalue weighted by molar-refractivity contribution is 0.0721. The van der Waals surface area contributed by atoms with Crippen LogP contribution in [-0.2, 0) is 4.74 Å². The van der Waals surface area contributed by atoms with Gasteiger partial charge in [0.1, 0.15) is 5.82 Å². The third-order valence-corrected chi connectivity index (χ3v) is 2.17. The smallest absolute Gasteiger partial charge is 0.162 e.